The average molecular weight is 465 g/mol. The van der Waals surface area contributed by atoms with Gasteiger partial charge in [-0.15, -0.1) is 0 Å². The zero-order chi connectivity index (χ0) is 24.4. The third-order valence-electron chi connectivity index (χ3n) is 6.82. The topological polar surface area (TPSA) is 87.2 Å². The lowest BCUT2D eigenvalue weighted by Crippen LogP contribution is -2.54. The number of methoxy groups -OCH3 is 1. The quantitative estimate of drug-likeness (QED) is 0.649. The molecule has 0 radical (unpaired) electrons. The van der Waals surface area contributed by atoms with Crippen LogP contribution in [0, 0.1) is 5.92 Å². The van der Waals surface area contributed by atoms with Crippen LogP contribution in [0.25, 0.3) is 0 Å². The number of hydrogen-bond acceptors (Lipinski definition) is 5. The second-order valence-electron chi connectivity index (χ2n) is 9.49. The predicted molar refractivity (Wildman–Crippen MR) is 127 cm³/mol. The summed E-state index contributed by atoms with van der Waals surface area (Å²) in [5.74, 6) is 0.113. The molecule has 2 aliphatic heterocycles. The van der Waals surface area contributed by atoms with E-state index in [1.807, 2.05) is 56.3 Å². The smallest absolute Gasteiger partial charge is 0.255 e. The van der Waals surface area contributed by atoms with Crippen LogP contribution in [0.3, 0.4) is 0 Å². The van der Waals surface area contributed by atoms with Gasteiger partial charge in [-0.05, 0) is 41.7 Å². The third kappa shape index (κ3) is 4.71. The first-order valence-electron chi connectivity index (χ1n) is 11.8. The largest absolute Gasteiger partial charge is 0.497 e. The first-order valence-corrected chi connectivity index (χ1v) is 11.8. The second-order valence-corrected chi connectivity index (χ2v) is 9.49. The molecule has 3 atom stereocenters. The minimum Gasteiger partial charge on any atom is -0.497 e. The molecule has 0 aromatic heterocycles. The summed E-state index contributed by atoms with van der Waals surface area (Å²) in [5, 5.41) is 10.3. The maximum atomic E-state index is 13.7. The molecule has 1 fully saturated rings. The highest BCUT2D eigenvalue weighted by molar-refractivity contribution is 6.01. The molecule has 2 aromatic carbocycles. The molecule has 2 heterocycles. The fourth-order valence-electron chi connectivity index (χ4n) is 5.04. The van der Waals surface area contributed by atoms with Gasteiger partial charge in [0, 0.05) is 31.5 Å². The number of nitrogens with zero attached hydrogens (tertiary/aromatic N) is 2. The van der Waals surface area contributed by atoms with Crippen LogP contribution in [0.5, 0.6) is 5.75 Å². The maximum Gasteiger partial charge on any atom is 0.255 e. The van der Waals surface area contributed by atoms with Gasteiger partial charge in [0.25, 0.3) is 5.91 Å². The highest BCUT2D eigenvalue weighted by Gasteiger charge is 2.45. The normalized spacial score (nSPS) is 20.6. The Kier molecular flexibility index (Phi) is 7.03. The van der Waals surface area contributed by atoms with Crippen molar-refractivity contribution in [3.8, 4) is 5.75 Å². The van der Waals surface area contributed by atoms with E-state index < -0.39 is 18.2 Å². The Hall–Kier alpha value is -3.19. The number of carbonyl (C=O) groups is 3. The summed E-state index contributed by atoms with van der Waals surface area (Å²) in [6, 6.07) is 13.6. The van der Waals surface area contributed by atoms with Crippen LogP contribution in [0.15, 0.2) is 48.5 Å². The van der Waals surface area contributed by atoms with Gasteiger partial charge in [-0.3, -0.25) is 14.4 Å². The van der Waals surface area contributed by atoms with E-state index in [4.69, 9.17) is 4.74 Å². The molecule has 4 rings (SSSR count). The molecule has 0 spiro atoms. The second kappa shape index (κ2) is 9.97. The molecule has 0 unspecified atom stereocenters. The van der Waals surface area contributed by atoms with E-state index in [2.05, 4.69) is 0 Å². The predicted octanol–water partition coefficient (Wildman–Crippen LogP) is 2.84. The van der Waals surface area contributed by atoms with Crippen molar-refractivity contribution in [2.75, 3.05) is 13.7 Å². The number of rotatable bonds is 8. The SMILES string of the molecule is COc1ccc(CCC(=O)[C@@H]2C[C@@H](O)CN2C(=O)[C@H](C(C)C)N2Cc3ccccc3C2=O)cc1. The molecule has 34 heavy (non-hydrogen) atoms. The van der Waals surface area contributed by atoms with Crippen molar-refractivity contribution < 1.29 is 24.2 Å². The van der Waals surface area contributed by atoms with Crippen LogP contribution in [0.2, 0.25) is 0 Å². The summed E-state index contributed by atoms with van der Waals surface area (Å²) in [4.78, 5) is 43.1. The van der Waals surface area contributed by atoms with E-state index in [1.165, 1.54) is 4.90 Å². The summed E-state index contributed by atoms with van der Waals surface area (Å²) in [7, 11) is 1.61. The first kappa shape index (κ1) is 24.0. The molecular weight excluding hydrogens is 432 g/mol. The van der Waals surface area contributed by atoms with E-state index >= 15 is 0 Å². The lowest BCUT2D eigenvalue weighted by molar-refractivity contribution is -0.142. The summed E-state index contributed by atoms with van der Waals surface area (Å²) in [5.41, 5.74) is 2.53. The van der Waals surface area contributed by atoms with Gasteiger partial charge in [0.2, 0.25) is 5.91 Å². The molecule has 0 bridgehead atoms. The van der Waals surface area contributed by atoms with Crippen molar-refractivity contribution in [2.24, 2.45) is 5.92 Å². The van der Waals surface area contributed by atoms with Gasteiger partial charge in [-0.1, -0.05) is 44.2 Å². The number of β-amino-alcohol motifs (C(OH)–C–C–N with tert-alkyl or cyclic N) is 1. The van der Waals surface area contributed by atoms with Gasteiger partial charge in [0.1, 0.15) is 11.8 Å². The van der Waals surface area contributed by atoms with E-state index in [0.717, 1.165) is 16.9 Å². The number of amides is 2. The highest BCUT2D eigenvalue weighted by atomic mass is 16.5. The number of ether oxygens (including phenoxy) is 1. The molecule has 1 N–H and O–H groups in total. The highest BCUT2D eigenvalue weighted by Crippen LogP contribution is 2.30. The summed E-state index contributed by atoms with van der Waals surface area (Å²) < 4.78 is 5.17. The number of aliphatic hydroxyl groups excluding tert-OH is 1. The molecule has 0 aliphatic carbocycles. The maximum absolute atomic E-state index is 13.7. The molecule has 2 aromatic rings. The van der Waals surface area contributed by atoms with Crippen molar-refractivity contribution in [2.45, 2.75) is 57.8 Å². The monoisotopic (exact) mass is 464 g/mol. The molecule has 2 amide bonds. The minimum absolute atomic E-state index is 0.0701. The summed E-state index contributed by atoms with van der Waals surface area (Å²) in [6.07, 6.45) is 0.295. The van der Waals surface area contributed by atoms with Gasteiger partial charge in [0.15, 0.2) is 5.78 Å². The Bertz CT molecular complexity index is 1060. The van der Waals surface area contributed by atoms with Crippen LogP contribution in [-0.4, -0.2) is 64.3 Å². The third-order valence-corrected chi connectivity index (χ3v) is 6.82. The van der Waals surface area contributed by atoms with Crippen LogP contribution in [-0.2, 0) is 22.6 Å². The fourth-order valence-corrected chi connectivity index (χ4v) is 5.04. The Morgan fingerprint density at radius 2 is 1.82 bits per heavy atom. The molecule has 180 valence electrons. The van der Waals surface area contributed by atoms with Gasteiger partial charge in [-0.2, -0.15) is 0 Å². The Morgan fingerprint density at radius 3 is 2.47 bits per heavy atom. The summed E-state index contributed by atoms with van der Waals surface area (Å²) in [6.45, 7) is 4.30. The van der Waals surface area contributed by atoms with Crippen LogP contribution in [0.1, 0.15) is 48.2 Å². The van der Waals surface area contributed by atoms with Gasteiger partial charge in [-0.25, -0.2) is 0 Å². The van der Waals surface area contributed by atoms with E-state index in [9.17, 15) is 19.5 Å². The number of aryl methyl sites for hydroxylation is 1. The fraction of sp³-hybridized carbons (Fsp3) is 0.444. The van der Waals surface area contributed by atoms with E-state index in [1.54, 1.807) is 18.1 Å². The number of benzene rings is 2. The van der Waals surface area contributed by atoms with Gasteiger partial charge in [0.05, 0.1) is 19.3 Å². The van der Waals surface area contributed by atoms with E-state index in [-0.39, 0.29) is 42.9 Å². The van der Waals surface area contributed by atoms with Crippen molar-refractivity contribution in [1.29, 1.82) is 0 Å². The number of aliphatic hydroxyl groups is 1. The molecule has 0 saturated carbocycles. The molecule has 7 nitrogen and oxygen atoms in total. The van der Waals surface area contributed by atoms with Gasteiger partial charge >= 0.3 is 0 Å². The summed E-state index contributed by atoms with van der Waals surface area (Å²) >= 11 is 0. The van der Waals surface area contributed by atoms with Crippen molar-refractivity contribution >= 4 is 17.6 Å². The van der Waals surface area contributed by atoms with E-state index in [0.29, 0.717) is 18.5 Å². The number of fused-ring (bicyclic) bond motifs is 1. The zero-order valence-electron chi connectivity index (χ0n) is 19.9. The van der Waals surface area contributed by atoms with Crippen LogP contribution in [0.4, 0.5) is 0 Å². The average Bonchev–Trinajstić information content (AvgIpc) is 3.38. The zero-order valence-corrected chi connectivity index (χ0v) is 19.9. The van der Waals surface area contributed by atoms with Crippen LogP contribution >= 0.6 is 0 Å². The molecule has 7 heteroatoms. The number of ketones is 1. The van der Waals surface area contributed by atoms with Crippen molar-refractivity contribution in [3.05, 3.63) is 65.2 Å². The Morgan fingerprint density at radius 1 is 1.12 bits per heavy atom. The number of carbonyl (C=O) groups excluding carboxylic acids is 3. The lowest BCUT2D eigenvalue weighted by Gasteiger charge is -2.35. The number of Topliss-reactive ketones (excluding diaryl/α,β-unsaturated/α-hetero) is 1. The minimum atomic E-state index is -0.752. The van der Waals surface area contributed by atoms with Gasteiger partial charge < -0.3 is 19.6 Å². The number of hydrogen-bond donors (Lipinski definition) is 1. The lowest BCUT2D eigenvalue weighted by atomic mass is 9.98. The standard InChI is InChI=1S/C27H32N2O5/c1-17(2)25(29-15-19-6-4-5-7-22(19)26(29)32)27(33)28-16-20(30)14-23(28)24(31)13-10-18-8-11-21(34-3)12-9-18/h4-9,11-12,17,20,23,25,30H,10,13-16H2,1-3H3/t20-,23+,25+/m1/s1. The first-order chi connectivity index (χ1) is 16.3. The molecule has 2 aliphatic rings. The Labute approximate surface area is 200 Å². The molecular formula is C27H32N2O5. The molecule has 1 saturated heterocycles. The Balaban J connectivity index is 1.48. The number of likely N-dealkylation sites (tertiary alicyclic amines) is 1. The van der Waals surface area contributed by atoms with Crippen LogP contribution < -0.4 is 4.74 Å². The van der Waals surface area contributed by atoms with Crippen molar-refractivity contribution in [3.63, 3.8) is 0 Å². The van der Waals surface area contributed by atoms with Crippen molar-refractivity contribution in [1.82, 2.24) is 9.80 Å².